The molecule has 0 aliphatic heterocycles. The summed E-state index contributed by atoms with van der Waals surface area (Å²) in [5, 5.41) is 11.8. The number of hydrogen-bond donors (Lipinski definition) is 2. The SMILES string of the molecule is COc1ccc(F)cc1-c1cccc2c(N)c(C(=O)NC3CCC3)nnc12. The smallest absolute Gasteiger partial charge is 0.274 e. The maximum absolute atomic E-state index is 13.8. The van der Waals surface area contributed by atoms with Gasteiger partial charge >= 0.3 is 0 Å². The summed E-state index contributed by atoms with van der Waals surface area (Å²) < 4.78 is 19.2. The Balaban J connectivity index is 1.82. The third-order valence-electron chi connectivity index (χ3n) is 4.94. The molecule has 0 spiro atoms. The van der Waals surface area contributed by atoms with Crippen LogP contribution in [0, 0.1) is 5.82 Å². The molecule has 0 unspecified atom stereocenters. The Kier molecular flexibility index (Phi) is 4.35. The van der Waals surface area contributed by atoms with Crippen molar-refractivity contribution in [2.45, 2.75) is 25.3 Å². The van der Waals surface area contributed by atoms with Crippen molar-refractivity contribution in [2.75, 3.05) is 12.8 Å². The van der Waals surface area contributed by atoms with E-state index in [9.17, 15) is 9.18 Å². The summed E-state index contributed by atoms with van der Waals surface area (Å²) in [6, 6.07) is 9.79. The van der Waals surface area contributed by atoms with Gasteiger partial charge in [-0.15, -0.1) is 10.2 Å². The molecular formula is C20H19FN4O2. The van der Waals surface area contributed by atoms with Gasteiger partial charge in [-0.05, 0) is 37.5 Å². The van der Waals surface area contributed by atoms with Crippen molar-refractivity contribution in [1.29, 1.82) is 0 Å². The quantitative estimate of drug-likeness (QED) is 0.739. The Labute approximate surface area is 155 Å². The Morgan fingerprint density at radius 1 is 1.22 bits per heavy atom. The first-order chi connectivity index (χ1) is 13.1. The van der Waals surface area contributed by atoms with Gasteiger partial charge in [0.05, 0.1) is 12.8 Å². The van der Waals surface area contributed by atoms with Crippen molar-refractivity contribution >= 4 is 22.5 Å². The fraction of sp³-hybridized carbons (Fsp3) is 0.250. The molecule has 0 bridgehead atoms. The number of rotatable bonds is 4. The Hall–Kier alpha value is -3.22. The van der Waals surface area contributed by atoms with E-state index in [0.29, 0.717) is 27.8 Å². The summed E-state index contributed by atoms with van der Waals surface area (Å²) in [7, 11) is 1.52. The number of amides is 1. The second-order valence-corrected chi connectivity index (χ2v) is 6.61. The monoisotopic (exact) mass is 366 g/mol. The Morgan fingerprint density at radius 3 is 2.74 bits per heavy atom. The van der Waals surface area contributed by atoms with Crippen molar-refractivity contribution in [3.8, 4) is 16.9 Å². The number of benzene rings is 2. The van der Waals surface area contributed by atoms with E-state index in [1.54, 1.807) is 24.3 Å². The zero-order valence-corrected chi connectivity index (χ0v) is 14.8. The summed E-state index contributed by atoms with van der Waals surface area (Å²) >= 11 is 0. The number of anilines is 1. The molecule has 4 rings (SSSR count). The number of nitrogens with one attached hydrogen (secondary N) is 1. The van der Waals surface area contributed by atoms with Crippen LogP contribution in [0.15, 0.2) is 36.4 Å². The van der Waals surface area contributed by atoms with E-state index in [2.05, 4.69) is 15.5 Å². The lowest BCUT2D eigenvalue weighted by Gasteiger charge is -2.26. The number of nitrogen functional groups attached to an aromatic ring is 1. The van der Waals surface area contributed by atoms with Gasteiger partial charge in [-0.2, -0.15) is 0 Å². The van der Waals surface area contributed by atoms with Crippen LogP contribution in [-0.4, -0.2) is 29.3 Å². The zero-order chi connectivity index (χ0) is 19.0. The van der Waals surface area contributed by atoms with Gasteiger partial charge in [-0.25, -0.2) is 4.39 Å². The number of nitrogens with two attached hydrogens (primary N) is 1. The van der Waals surface area contributed by atoms with Crippen molar-refractivity contribution in [2.24, 2.45) is 0 Å². The minimum atomic E-state index is -0.389. The molecule has 1 amide bonds. The number of halogens is 1. The zero-order valence-electron chi connectivity index (χ0n) is 14.8. The first-order valence-electron chi connectivity index (χ1n) is 8.78. The van der Waals surface area contributed by atoms with E-state index in [-0.39, 0.29) is 29.1 Å². The highest BCUT2D eigenvalue weighted by molar-refractivity contribution is 6.07. The maximum atomic E-state index is 13.8. The van der Waals surface area contributed by atoms with Crippen LogP contribution in [0.5, 0.6) is 5.75 Å². The average molecular weight is 366 g/mol. The first-order valence-corrected chi connectivity index (χ1v) is 8.78. The van der Waals surface area contributed by atoms with Gasteiger partial charge < -0.3 is 15.8 Å². The lowest BCUT2D eigenvalue weighted by Crippen LogP contribution is -2.40. The van der Waals surface area contributed by atoms with Crippen LogP contribution in [0.2, 0.25) is 0 Å². The van der Waals surface area contributed by atoms with Crippen LogP contribution in [0.3, 0.4) is 0 Å². The maximum Gasteiger partial charge on any atom is 0.274 e. The molecule has 1 aliphatic carbocycles. The lowest BCUT2D eigenvalue weighted by atomic mass is 9.93. The summed E-state index contributed by atoms with van der Waals surface area (Å²) in [6.07, 6.45) is 3.05. The molecule has 27 heavy (non-hydrogen) atoms. The highest BCUT2D eigenvalue weighted by Gasteiger charge is 2.24. The molecule has 0 atom stereocenters. The van der Waals surface area contributed by atoms with Crippen LogP contribution >= 0.6 is 0 Å². The van der Waals surface area contributed by atoms with Crippen molar-refractivity contribution in [1.82, 2.24) is 15.5 Å². The molecule has 1 heterocycles. The van der Waals surface area contributed by atoms with Gasteiger partial charge in [-0.3, -0.25) is 4.79 Å². The molecule has 3 N–H and O–H groups in total. The molecule has 1 saturated carbocycles. The highest BCUT2D eigenvalue weighted by atomic mass is 19.1. The third-order valence-corrected chi connectivity index (χ3v) is 4.94. The minimum Gasteiger partial charge on any atom is -0.496 e. The summed E-state index contributed by atoms with van der Waals surface area (Å²) in [5.41, 5.74) is 8.26. The number of aromatic nitrogens is 2. The molecule has 3 aromatic rings. The first kappa shape index (κ1) is 17.2. The van der Waals surface area contributed by atoms with Crippen LogP contribution in [0.1, 0.15) is 29.8 Å². The molecule has 2 aromatic carbocycles. The van der Waals surface area contributed by atoms with Gasteiger partial charge in [0.15, 0.2) is 5.69 Å². The highest BCUT2D eigenvalue weighted by Crippen LogP contribution is 2.36. The predicted molar refractivity (Wildman–Crippen MR) is 101 cm³/mol. The molecule has 6 nitrogen and oxygen atoms in total. The van der Waals surface area contributed by atoms with Crippen molar-refractivity contribution in [3.05, 3.63) is 47.9 Å². The number of carbonyl (C=O) groups is 1. The minimum absolute atomic E-state index is 0.109. The van der Waals surface area contributed by atoms with Crippen molar-refractivity contribution < 1.29 is 13.9 Å². The molecular weight excluding hydrogens is 347 g/mol. The van der Waals surface area contributed by atoms with E-state index >= 15 is 0 Å². The third kappa shape index (κ3) is 3.05. The van der Waals surface area contributed by atoms with Gasteiger partial charge in [-0.1, -0.05) is 18.2 Å². The van der Waals surface area contributed by atoms with Crippen LogP contribution in [0.4, 0.5) is 10.1 Å². The van der Waals surface area contributed by atoms with Gasteiger partial charge in [0.1, 0.15) is 17.1 Å². The largest absolute Gasteiger partial charge is 0.496 e. The summed E-state index contributed by atoms with van der Waals surface area (Å²) in [5.74, 6) is -0.198. The van der Waals surface area contributed by atoms with E-state index in [4.69, 9.17) is 10.5 Å². The second-order valence-electron chi connectivity index (χ2n) is 6.61. The van der Waals surface area contributed by atoms with E-state index in [0.717, 1.165) is 19.3 Å². The number of nitrogens with zero attached hydrogens (tertiary/aromatic N) is 2. The fourth-order valence-corrected chi connectivity index (χ4v) is 3.23. The molecule has 0 saturated heterocycles. The normalized spacial score (nSPS) is 14.0. The number of methoxy groups -OCH3 is 1. The predicted octanol–water partition coefficient (Wildman–Crippen LogP) is 3.31. The number of fused-ring (bicyclic) bond motifs is 1. The van der Waals surface area contributed by atoms with Crippen LogP contribution in [-0.2, 0) is 0 Å². The molecule has 0 radical (unpaired) electrons. The van der Waals surface area contributed by atoms with Gasteiger partial charge in [0.2, 0.25) is 0 Å². The van der Waals surface area contributed by atoms with Gasteiger partial charge in [0, 0.05) is 22.6 Å². The van der Waals surface area contributed by atoms with Gasteiger partial charge in [0.25, 0.3) is 5.91 Å². The second kappa shape index (κ2) is 6.83. The summed E-state index contributed by atoms with van der Waals surface area (Å²) in [6.45, 7) is 0. The topological polar surface area (TPSA) is 90.1 Å². The number of ether oxygens (including phenoxy) is 1. The molecule has 138 valence electrons. The number of carbonyl (C=O) groups excluding carboxylic acids is 1. The van der Waals surface area contributed by atoms with Crippen LogP contribution in [0.25, 0.3) is 22.0 Å². The standard InChI is InChI=1S/C20H19FN4O2/c1-27-16-9-8-11(21)10-15(16)13-6-3-7-14-17(22)19(25-24-18(13)14)20(26)23-12-4-2-5-12/h3,6-10,12H,2,4-5H2,1H3,(H2,22,24)(H,23,26). The number of hydrogen-bond acceptors (Lipinski definition) is 5. The fourth-order valence-electron chi connectivity index (χ4n) is 3.23. The van der Waals surface area contributed by atoms with Crippen molar-refractivity contribution in [3.63, 3.8) is 0 Å². The lowest BCUT2D eigenvalue weighted by molar-refractivity contribution is 0.0912. The molecule has 1 fully saturated rings. The van der Waals surface area contributed by atoms with Crippen LogP contribution < -0.4 is 15.8 Å². The van der Waals surface area contributed by atoms with E-state index in [1.807, 2.05) is 0 Å². The Morgan fingerprint density at radius 2 is 2.04 bits per heavy atom. The Bertz CT molecular complexity index is 1030. The average Bonchev–Trinajstić information content (AvgIpc) is 2.64. The van der Waals surface area contributed by atoms with E-state index < -0.39 is 0 Å². The molecule has 1 aromatic heterocycles. The molecule has 1 aliphatic rings. The summed E-state index contributed by atoms with van der Waals surface area (Å²) in [4.78, 5) is 12.4. The molecule has 7 heteroatoms. The van der Waals surface area contributed by atoms with E-state index in [1.165, 1.54) is 19.2 Å².